The fourth-order valence-corrected chi connectivity index (χ4v) is 6.55. The summed E-state index contributed by atoms with van der Waals surface area (Å²) in [6.07, 6.45) is 43.5. The van der Waals surface area contributed by atoms with Crippen molar-refractivity contribution in [1.82, 2.24) is 0 Å². The van der Waals surface area contributed by atoms with E-state index < -0.39 is 6.10 Å². The van der Waals surface area contributed by atoms with Crippen LogP contribution >= 0.6 is 0 Å². The Balaban J connectivity index is 4.21. The van der Waals surface area contributed by atoms with E-state index in [2.05, 4.69) is 32.9 Å². The van der Waals surface area contributed by atoms with Crippen molar-refractivity contribution in [3.8, 4) is 0 Å². The maximum Gasteiger partial charge on any atom is 0.306 e. The van der Waals surface area contributed by atoms with Gasteiger partial charge >= 0.3 is 17.9 Å². The van der Waals surface area contributed by atoms with Crippen LogP contribution in [0.2, 0.25) is 0 Å². The lowest BCUT2D eigenvalue weighted by molar-refractivity contribution is -0.167. The molecule has 0 spiro atoms. The number of esters is 3. The molecule has 0 aliphatic heterocycles. The first-order valence-corrected chi connectivity index (χ1v) is 22.7. The minimum atomic E-state index is -0.763. The molecule has 306 valence electrons. The first kappa shape index (κ1) is 50.1. The number of hydrogen-bond donors (Lipinski definition) is 0. The van der Waals surface area contributed by atoms with Crippen LogP contribution in [0.25, 0.3) is 0 Å². The maximum absolute atomic E-state index is 12.6. The number of hydrogen-bond acceptors (Lipinski definition) is 6. The molecule has 0 bridgehead atoms. The highest BCUT2D eigenvalue weighted by atomic mass is 16.6. The molecule has 52 heavy (non-hydrogen) atoms. The van der Waals surface area contributed by atoms with E-state index in [0.717, 1.165) is 64.2 Å². The number of carbonyl (C=O) groups is 3. The van der Waals surface area contributed by atoms with Gasteiger partial charge in [0.05, 0.1) is 0 Å². The molecule has 0 aliphatic carbocycles. The average Bonchev–Trinajstić information content (AvgIpc) is 3.14. The van der Waals surface area contributed by atoms with Gasteiger partial charge in [0.2, 0.25) is 0 Å². The van der Waals surface area contributed by atoms with Gasteiger partial charge in [0.25, 0.3) is 0 Å². The van der Waals surface area contributed by atoms with Crippen molar-refractivity contribution < 1.29 is 28.6 Å². The van der Waals surface area contributed by atoms with Crippen molar-refractivity contribution in [2.24, 2.45) is 0 Å². The number of allylic oxidation sites excluding steroid dienone is 2. The van der Waals surface area contributed by atoms with Crippen molar-refractivity contribution in [3.63, 3.8) is 0 Å². The molecule has 0 saturated heterocycles. The second-order valence-corrected chi connectivity index (χ2v) is 15.3. The normalized spacial score (nSPS) is 12.0. The molecule has 1 atom stereocenters. The molecular weight excluding hydrogens is 649 g/mol. The molecule has 0 fully saturated rings. The SMILES string of the molecule is CCCCCCCCC=CCCCCCCCC(=O)OCC(COC(=O)CCCCCCCCCCCCCCC)OC(=O)CCCCCCCC. The van der Waals surface area contributed by atoms with E-state index in [9.17, 15) is 14.4 Å². The molecule has 0 N–H and O–H groups in total. The zero-order valence-electron chi connectivity index (χ0n) is 34.8. The van der Waals surface area contributed by atoms with E-state index in [4.69, 9.17) is 14.2 Å². The highest BCUT2D eigenvalue weighted by Crippen LogP contribution is 2.15. The average molecular weight is 735 g/mol. The molecule has 0 aromatic heterocycles. The van der Waals surface area contributed by atoms with Crippen LogP contribution in [0.15, 0.2) is 12.2 Å². The summed E-state index contributed by atoms with van der Waals surface area (Å²) in [6, 6.07) is 0. The Kier molecular flexibility index (Phi) is 40.4. The van der Waals surface area contributed by atoms with Crippen molar-refractivity contribution >= 4 is 17.9 Å². The Hall–Kier alpha value is -1.85. The summed E-state index contributed by atoms with van der Waals surface area (Å²) in [5, 5.41) is 0. The highest BCUT2D eigenvalue weighted by Gasteiger charge is 2.19. The Bertz CT molecular complexity index is 809. The molecule has 1 unspecified atom stereocenters. The van der Waals surface area contributed by atoms with Gasteiger partial charge in [-0.3, -0.25) is 14.4 Å². The predicted octanol–water partition coefficient (Wildman–Crippen LogP) is 14.3. The van der Waals surface area contributed by atoms with E-state index in [-0.39, 0.29) is 31.1 Å². The first-order valence-electron chi connectivity index (χ1n) is 22.7. The van der Waals surface area contributed by atoms with Crippen molar-refractivity contribution in [3.05, 3.63) is 12.2 Å². The quantitative estimate of drug-likeness (QED) is 0.0269. The van der Waals surface area contributed by atoms with E-state index >= 15 is 0 Å². The molecule has 6 heteroatoms. The van der Waals surface area contributed by atoms with Gasteiger partial charge in [0.1, 0.15) is 13.2 Å². The summed E-state index contributed by atoms with van der Waals surface area (Å²) in [7, 11) is 0. The number of rotatable bonds is 41. The Morgan fingerprint density at radius 1 is 0.365 bits per heavy atom. The van der Waals surface area contributed by atoms with Crippen molar-refractivity contribution in [2.75, 3.05) is 13.2 Å². The van der Waals surface area contributed by atoms with Gasteiger partial charge in [-0.15, -0.1) is 0 Å². The molecular formula is C46H86O6. The first-order chi connectivity index (χ1) is 25.5. The largest absolute Gasteiger partial charge is 0.462 e. The third kappa shape index (κ3) is 39.4. The molecule has 6 nitrogen and oxygen atoms in total. The van der Waals surface area contributed by atoms with Gasteiger partial charge in [-0.05, 0) is 44.9 Å². The summed E-state index contributed by atoms with van der Waals surface area (Å²) in [5.74, 6) is -0.881. The van der Waals surface area contributed by atoms with Crippen LogP contribution < -0.4 is 0 Å². The van der Waals surface area contributed by atoms with Gasteiger partial charge in [0.15, 0.2) is 6.10 Å². The third-order valence-corrected chi connectivity index (χ3v) is 10.0. The summed E-state index contributed by atoms with van der Waals surface area (Å²) in [6.45, 7) is 6.57. The molecule has 0 amide bonds. The number of ether oxygens (including phenoxy) is 3. The van der Waals surface area contributed by atoms with E-state index in [1.54, 1.807) is 0 Å². The fraction of sp³-hybridized carbons (Fsp3) is 0.891. The van der Waals surface area contributed by atoms with Crippen LogP contribution in [0.1, 0.15) is 245 Å². The van der Waals surface area contributed by atoms with Gasteiger partial charge in [-0.1, -0.05) is 193 Å². The monoisotopic (exact) mass is 735 g/mol. The number of carbonyl (C=O) groups excluding carboxylic acids is 3. The minimum absolute atomic E-state index is 0.0692. The summed E-state index contributed by atoms with van der Waals surface area (Å²) in [4.78, 5) is 37.5. The number of unbranched alkanes of at least 4 members (excludes halogenated alkanes) is 28. The molecule has 0 heterocycles. The van der Waals surface area contributed by atoms with Crippen LogP contribution in [-0.4, -0.2) is 37.2 Å². The zero-order chi connectivity index (χ0) is 38.0. The Morgan fingerprint density at radius 3 is 0.962 bits per heavy atom. The van der Waals surface area contributed by atoms with E-state index in [1.807, 2.05) is 0 Å². The second-order valence-electron chi connectivity index (χ2n) is 15.3. The molecule has 0 saturated carbocycles. The van der Waals surface area contributed by atoms with Crippen LogP contribution in [0.5, 0.6) is 0 Å². The predicted molar refractivity (Wildman–Crippen MR) is 220 cm³/mol. The highest BCUT2D eigenvalue weighted by molar-refractivity contribution is 5.71. The van der Waals surface area contributed by atoms with E-state index in [0.29, 0.717) is 19.3 Å². The van der Waals surface area contributed by atoms with Crippen LogP contribution in [-0.2, 0) is 28.6 Å². The molecule has 0 aromatic rings. The molecule has 0 radical (unpaired) electrons. The van der Waals surface area contributed by atoms with Gasteiger partial charge in [-0.2, -0.15) is 0 Å². The Morgan fingerprint density at radius 2 is 0.635 bits per heavy atom. The lowest BCUT2D eigenvalue weighted by Gasteiger charge is -2.18. The second kappa shape index (κ2) is 41.9. The topological polar surface area (TPSA) is 78.9 Å². The van der Waals surface area contributed by atoms with Crippen LogP contribution in [0.4, 0.5) is 0 Å². The van der Waals surface area contributed by atoms with Gasteiger partial charge in [-0.25, -0.2) is 0 Å². The van der Waals surface area contributed by atoms with Gasteiger partial charge in [0, 0.05) is 19.3 Å². The van der Waals surface area contributed by atoms with Crippen LogP contribution in [0, 0.1) is 0 Å². The standard InChI is InChI=1S/C46H86O6/c1-4-7-10-13-16-18-20-22-23-25-27-29-31-34-36-39-45(48)51-42-43(52-46(49)40-37-32-15-12-9-6-3)41-50-44(47)38-35-33-30-28-26-24-21-19-17-14-11-8-5-2/h22-23,43H,4-21,24-42H2,1-3H3. The minimum Gasteiger partial charge on any atom is -0.462 e. The molecule has 0 rings (SSSR count). The van der Waals surface area contributed by atoms with E-state index in [1.165, 1.54) is 141 Å². The molecule has 0 aliphatic rings. The lowest BCUT2D eigenvalue weighted by atomic mass is 10.0. The molecule has 0 aromatic carbocycles. The smallest absolute Gasteiger partial charge is 0.306 e. The maximum atomic E-state index is 12.6. The summed E-state index contributed by atoms with van der Waals surface area (Å²) in [5.41, 5.74) is 0. The van der Waals surface area contributed by atoms with Crippen LogP contribution in [0.3, 0.4) is 0 Å². The zero-order valence-corrected chi connectivity index (χ0v) is 34.8. The fourth-order valence-electron chi connectivity index (χ4n) is 6.55. The van der Waals surface area contributed by atoms with Crippen molar-refractivity contribution in [1.29, 1.82) is 0 Å². The van der Waals surface area contributed by atoms with Crippen molar-refractivity contribution in [2.45, 2.75) is 252 Å². The summed E-state index contributed by atoms with van der Waals surface area (Å²) < 4.78 is 16.6. The van der Waals surface area contributed by atoms with Gasteiger partial charge < -0.3 is 14.2 Å². The summed E-state index contributed by atoms with van der Waals surface area (Å²) >= 11 is 0. The lowest BCUT2D eigenvalue weighted by Crippen LogP contribution is -2.30. The Labute approximate surface area is 322 Å². The third-order valence-electron chi connectivity index (χ3n) is 10.0.